The molecular formula is C46H67N7O12S2. The van der Waals surface area contributed by atoms with Crippen LogP contribution in [0, 0.1) is 17.8 Å². The third-order valence-electron chi connectivity index (χ3n) is 11.4. The Morgan fingerprint density at radius 2 is 1.69 bits per heavy atom. The molecule has 1 aliphatic rings. The number of aromatic nitrogens is 1. The summed E-state index contributed by atoms with van der Waals surface area (Å²) >= 11 is 5.19. The molecule has 1 saturated heterocycles. The number of likely N-dealkylation sites (tertiary alicyclic amines) is 1. The van der Waals surface area contributed by atoms with Gasteiger partial charge in [0, 0.05) is 76.1 Å². The minimum Gasteiger partial charge on any atom is -0.506 e. The van der Waals surface area contributed by atoms with Gasteiger partial charge in [0.1, 0.15) is 16.5 Å². The van der Waals surface area contributed by atoms with Crippen LogP contribution in [0.15, 0.2) is 23.6 Å². The van der Waals surface area contributed by atoms with E-state index in [1.807, 2.05) is 39.5 Å². The third-order valence-corrected chi connectivity index (χ3v) is 12.8. The first kappa shape index (κ1) is 55.8. The van der Waals surface area contributed by atoms with E-state index in [1.165, 1.54) is 31.4 Å². The van der Waals surface area contributed by atoms with Gasteiger partial charge in [-0.05, 0) is 62.1 Å². The number of thiazole rings is 1. The van der Waals surface area contributed by atoms with Crippen molar-refractivity contribution in [3.05, 3.63) is 39.8 Å². The van der Waals surface area contributed by atoms with Gasteiger partial charge in [0.15, 0.2) is 6.10 Å². The molecule has 19 nitrogen and oxygen atoms in total. The van der Waals surface area contributed by atoms with Crippen molar-refractivity contribution in [3.63, 3.8) is 0 Å². The molecule has 0 spiro atoms. The highest BCUT2D eigenvalue weighted by Gasteiger charge is 2.36. The van der Waals surface area contributed by atoms with E-state index in [2.05, 4.69) is 38.9 Å². The number of aromatic hydroxyl groups is 1. The Hall–Kier alpha value is -5.57. The smallest absolute Gasteiger partial charge is 0.306 e. The van der Waals surface area contributed by atoms with Gasteiger partial charge < -0.3 is 41.1 Å². The van der Waals surface area contributed by atoms with E-state index in [1.54, 1.807) is 6.07 Å². The molecule has 67 heavy (non-hydrogen) atoms. The predicted molar refractivity (Wildman–Crippen MR) is 253 cm³/mol. The number of thiol groups is 1. The van der Waals surface area contributed by atoms with E-state index in [0.717, 1.165) is 22.7 Å². The number of anilines is 1. The lowest BCUT2D eigenvalue weighted by Gasteiger charge is -2.36. The molecule has 1 aromatic carbocycles. The Labute approximate surface area is 401 Å². The summed E-state index contributed by atoms with van der Waals surface area (Å²) in [5.74, 6) is -5.18. The standard InChI is InChI=1S/C46H67N7O12S2/c1-8-27(5)18-41(59)52(9-2)34(26(3)4)22-36(65-29(7)54)44-51-33(25-67-44)43(61)49-31(19-28(6)46(63)64)20-30-14-15-35(55)32(21-30)50-39(57)12-10-16-47-40(58)24-48-38(56)13-11-17-53-42(60)23-37(66)45(53)62/h14-15,21,25-28,31,34,36-37,55,66H,8-13,16-20,22-24H2,1-7H3,(H,47,58)(H,48,56)(H,49,61)(H,50,57)(H,63,64)/t27-,28?,31+,34?,36+,37?/m0/s1. The lowest BCUT2D eigenvalue weighted by Crippen LogP contribution is -2.44. The molecule has 1 aromatic heterocycles. The van der Waals surface area contributed by atoms with Crippen molar-refractivity contribution in [1.29, 1.82) is 0 Å². The van der Waals surface area contributed by atoms with E-state index in [0.29, 0.717) is 23.5 Å². The number of carboxylic acids is 1. The topological polar surface area (TPSA) is 271 Å². The SMILES string of the molecule is CC[C@H](C)CC(=O)N(CC)C(C[C@@H](OC(C)=O)c1nc(C(=O)N[C@@H](Cc2ccc(O)c(NC(=O)CCCNC(=O)CNC(=O)CCCN3C(=O)CC(S)C3=O)c2)CC(C)C(=O)O)cs1)C(C)C. The third kappa shape index (κ3) is 18.2. The number of phenols is 1. The number of hydrogen-bond acceptors (Lipinski definition) is 14. The van der Waals surface area contributed by atoms with Crippen LogP contribution in [0.2, 0.25) is 0 Å². The highest BCUT2D eigenvalue weighted by atomic mass is 32.1. The molecular weight excluding hydrogens is 907 g/mol. The summed E-state index contributed by atoms with van der Waals surface area (Å²) in [4.78, 5) is 120. The number of carboxylic acid groups (broad SMARTS) is 1. The number of hydrogen-bond donors (Lipinski definition) is 7. The van der Waals surface area contributed by atoms with Crippen molar-refractivity contribution >= 4 is 82.9 Å². The molecule has 2 heterocycles. The normalized spacial score (nSPS) is 15.8. The molecule has 1 fully saturated rings. The fourth-order valence-electron chi connectivity index (χ4n) is 7.47. The van der Waals surface area contributed by atoms with Crippen molar-refractivity contribution in [3.8, 4) is 5.75 Å². The Balaban J connectivity index is 1.59. The summed E-state index contributed by atoms with van der Waals surface area (Å²) in [7, 11) is 0. The van der Waals surface area contributed by atoms with Crippen LogP contribution in [0.5, 0.6) is 5.75 Å². The first-order valence-corrected chi connectivity index (χ1v) is 24.2. The monoisotopic (exact) mass is 973 g/mol. The van der Waals surface area contributed by atoms with Gasteiger partial charge in [-0.15, -0.1) is 11.3 Å². The first-order valence-electron chi connectivity index (χ1n) is 22.8. The van der Waals surface area contributed by atoms with Gasteiger partial charge in [0.25, 0.3) is 5.91 Å². The molecule has 7 amide bonds. The van der Waals surface area contributed by atoms with Gasteiger partial charge in [-0.2, -0.15) is 12.6 Å². The summed E-state index contributed by atoms with van der Waals surface area (Å²) in [5, 5.41) is 32.2. The van der Waals surface area contributed by atoms with Gasteiger partial charge in [-0.25, -0.2) is 4.98 Å². The number of amides is 7. The maximum atomic E-state index is 13.7. The largest absolute Gasteiger partial charge is 0.506 e. The van der Waals surface area contributed by atoms with Crippen molar-refractivity contribution < 1.29 is 58.1 Å². The van der Waals surface area contributed by atoms with Crippen LogP contribution in [0.25, 0.3) is 0 Å². The number of phenolic OH excluding ortho intramolecular Hbond substituents is 1. The Kier molecular flexibility index (Phi) is 22.7. The number of nitrogens with one attached hydrogen (secondary N) is 4. The van der Waals surface area contributed by atoms with Crippen LogP contribution in [0.3, 0.4) is 0 Å². The lowest BCUT2D eigenvalue weighted by atomic mass is 9.94. The first-order chi connectivity index (χ1) is 31.6. The van der Waals surface area contributed by atoms with Crippen molar-refractivity contribution in [1.82, 2.24) is 30.7 Å². The zero-order chi connectivity index (χ0) is 50.0. The number of aliphatic carboxylic acids is 1. The second-order valence-electron chi connectivity index (χ2n) is 17.3. The highest BCUT2D eigenvalue weighted by Crippen LogP contribution is 2.32. The summed E-state index contributed by atoms with van der Waals surface area (Å²) < 4.78 is 5.73. The molecule has 3 unspecified atom stereocenters. The molecule has 6 atom stereocenters. The zero-order valence-electron chi connectivity index (χ0n) is 39.4. The molecule has 0 saturated carbocycles. The molecule has 21 heteroatoms. The maximum Gasteiger partial charge on any atom is 0.306 e. The maximum absolute atomic E-state index is 13.7. The number of benzene rings is 1. The minimum absolute atomic E-state index is 0.00321. The van der Waals surface area contributed by atoms with Gasteiger partial charge in [-0.3, -0.25) is 48.1 Å². The van der Waals surface area contributed by atoms with Crippen LogP contribution < -0.4 is 21.3 Å². The molecule has 3 rings (SSSR count). The minimum atomic E-state index is -1.07. The van der Waals surface area contributed by atoms with Crippen molar-refractivity contribution in [2.75, 3.05) is 31.5 Å². The summed E-state index contributed by atoms with van der Waals surface area (Å²) in [5.41, 5.74) is 0.672. The van der Waals surface area contributed by atoms with Crippen molar-refractivity contribution in [2.24, 2.45) is 17.8 Å². The summed E-state index contributed by atoms with van der Waals surface area (Å²) in [6.45, 7) is 13.1. The molecule has 0 radical (unpaired) electrons. The quantitative estimate of drug-likeness (QED) is 0.0205. The molecule has 370 valence electrons. The van der Waals surface area contributed by atoms with Gasteiger partial charge in [0.2, 0.25) is 35.4 Å². The second kappa shape index (κ2) is 27.3. The van der Waals surface area contributed by atoms with Crippen LogP contribution in [0.1, 0.15) is 133 Å². The molecule has 0 bridgehead atoms. The lowest BCUT2D eigenvalue weighted by molar-refractivity contribution is -0.149. The Morgan fingerprint density at radius 3 is 2.30 bits per heavy atom. The molecule has 0 aliphatic carbocycles. The Morgan fingerprint density at radius 1 is 0.985 bits per heavy atom. The van der Waals surface area contributed by atoms with Crippen LogP contribution in [-0.4, -0.2) is 122 Å². The van der Waals surface area contributed by atoms with Crippen LogP contribution >= 0.6 is 24.0 Å². The fourth-order valence-corrected chi connectivity index (χ4v) is 8.60. The summed E-state index contributed by atoms with van der Waals surface area (Å²) in [6, 6.07) is 3.45. The fraction of sp³-hybridized carbons (Fsp3) is 0.609. The Bertz CT molecular complexity index is 2080. The number of esters is 1. The molecule has 1 aliphatic heterocycles. The van der Waals surface area contributed by atoms with Gasteiger partial charge >= 0.3 is 11.9 Å². The number of carbonyl (C=O) groups excluding carboxylic acids is 8. The van der Waals surface area contributed by atoms with E-state index in [-0.39, 0.29) is 124 Å². The van der Waals surface area contributed by atoms with Gasteiger partial charge in [-0.1, -0.05) is 47.1 Å². The average molecular weight is 974 g/mol. The van der Waals surface area contributed by atoms with E-state index in [9.17, 15) is 53.4 Å². The van der Waals surface area contributed by atoms with Crippen LogP contribution in [-0.2, 0) is 49.5 Å². The number of nitrogens with zero attached hydrogens (tertiary/aromatic N) is 3. The van der Waals surface area contributed by atoms with Gasteiger partial charge in [0.05, 0.1) is 23.4 Å². The summed E-state index contributed by atoms with van der Waals surface area (Å²) in [6.07, 6.45) is 1.27. The second-order valence-corrected chi connectivity index (χ2v) is 18.8. The molecule has 2 aromatic rings. The van der Waals surface area contributed by atoms with Crippen LogP contribution in [0.4, 0.5) is 5.69 Å². The molecule has 6 N–H and O–H groups in total. The van der Waals surface area contributed by atoms with E-state index < -0.39 is 58.9 Å². The van der Waals surface area contributed by atoms with E-state index in [4.69, 9.17) is 4.74 Å². The van der Waals surface area contributed by atoms with Crippen molar-refractivity contribution in [2.45, 2.75) is 136 Å². The zero-order valence-corrected chi connectivity index (χ0v) is 41.1. The highest BCUT2D eigenvalue weighted by molar-refractivity contribution is 7.81. The number of imide groups is 1. The number of carbonyl (C=O) groups is 9. The average Bonchev–Trinajstić information content (AvgIpc) is 3.85. The predicted octanol–water partition coefficient (Wildman–Crippen LogP) is 4.39. The van der Waals surface area contributed by atoms with E-state index >= 15 is 0 Å². The number of ether oxygens (including phenoxy) is 1. The number of rotatable bonds is 28.